The number of ether oxygens (including phenoxy) is 1. The Morgan fingerprint density at radius 1 is 1.00 bits per heavy atom. The molecule has 1 atom stereocenters. The Morgan fingerprint density at radius 3 is 2.14 bits per heavy atom. The van der Waals surface area contributed by atoms with Gasteiger partial charge in [0.15, 0.2) is 0 Å². The van der Waals surface area contributed by atoms with Crippen LogP contribution in [0.15, 0.2) is 48.5 Å². The van der Waals surface area contributed by atoms with Gasteiger partial charge in [0.25, 0.3) is 0 Å². The van der Waals surface area contributed by atoms with Crippen molar-refractivity contribution in [2.24, 2.45) is 0 Å². The van der Waals surface area contributed by atoms with Crippen molar-refractivity contribution in [2.45, 2.75) is 31.8 Å². The fourth-order valence-corrected chi connectivity index (χ4v) is 2.34. The maximum atomic E-state index is 12.9. The lowest BCUT2D eigenvalue weighted by atomic mass is 9.90. The molecule has 1 N–H and O–H groups in total. The third-order valence-corrected chi connectivity index (χ3v) is 3.61. The topological polar surface area (TPSA) is 29.5 Å². The zero-order valence-electron chi connectivity index (χ0n) is 12.5. The Hall–Kier alpha value is -1.87. The summed E-state index contributed by atoms with van der Waals surface area (Å²) in [6, 6.07) is 14.1. The van der Waals surface area contributed by atoms with E-state index >= 15 is 0 Å². The minimum atomic E-state index is -0.808. The van der Waals surface area contributed by atoms with Gasteiger partial charge in [-0.15, -0.1) is 0 Å². The van der Waals surface area contributed by atoms with E-state index in [-0.39, 0.29) is 5.82 Å². The third kappa shape index (κ3) is 4.87. The zero-order chi connectivity index (χ0) is 15.3. The number of aryl methyl sites for hydroxylation is 1. The predicted molar refractivity (Wildman–Crippen MR) is 82.0 cm³/mol. The van der Waals surface area contributed by atoms with E-state index in [1.165, 1.54) is 12.1 Å². The standard InChI is InChI=1S/C18H21FO2/c1-18(20,13-15-3-7-16(19)8-4-15)12-11-14-5-9-17(21-2)10-6-14/h3-10,20H,11-13H2,1-2H3. The molecule has 0 bridgehead atoms. The molecule has 3 heteroatoms. The largest absolute Gasteiger partial charge is 0.497 e. The summed E-state index contributed by atoms with van der Waals surface area (Å²) >= 11 is 0. The van der Waals surface area contributed by atoms with Crippen LogP contribution in [0, 0.1) is 5.82 Å². The van der Waals surface area contributed by atoms with Gasteiger partial charge in [-0.1, -0.05) is 24.3 Å². The molecular weight excluding hydrogens is 267 g/mol. The molecule has 0 spiro atoms. The smallest absolute Gasteiger partial charge is 0.123 e. The number of hydrogen-bond donors (Lipinski definition) is 1. The Kier molecular flexibility index (Phi) is 4.97. The van der Waals surface area contributed by atoms with Gasteiger partial charge in [0, 0.05) is 6.42 Å². The van der Waals surface area contributed by atoms with E-state index in [2.05, 4.69) is 0 Å². The van der Waals surface area contributed by atoms with Gasteiger partial charge >= 0.3 is 0 Å². The van der Waals surface area contributed by atoms with E-state index in [9.17, 15) is 9.50 Å². The number of halogens is 1. The molecule has 0 aliphatic carbocycles. The molecule has 0 heterocycles. The number of aliphatic hydroxyl groups is 1. The van der Waals surface area contributed by atoms with Crippen LogP contribution in [0.4, 0.5) is 4.39 Å². The highest BCUT2D eigenvalue weighted by Gasteiger charge is 2.20. The first kappa shape index (κ1) is 15.5. The Morgan fingerprint density at radius 2 is 1.57 bits per heavy atom. The second kappa shape index (κ2) is 6.72. The summed E-state index contributed by atoms with van der Waals surface area (Å²) in [6.07, 6.45) is 1.96. The van der Waals surface area contributed by atoms with Crippen LogP contribution in [0.25, 0.3) is 0 Å². The van der Waals surface area contributed by atoms with Gasteiger partial charge in [0.2, 0.25) is 0 Å². The highest BCUT2D eigenvalue weighted by molar-refractivity contribution is 5.27. The van der Waals surface area contributed by atoms with E-state index in [4.69, 9.17) is 4.74 Å². The van der Waals surface area contributed by atoms with Crippen molar-refractivity contribution in [3.05, 3.63) is 65.5 Å². The number of hydrogen-bond acceptors (Lipinski definition) is 2. The second-order valence-corrected chi connectivity index (χ2v) is 5.65. The first-order chi connectivity index (χ1) is 9.98. The molecule has 0 aliphatic rings. The predicted octanol–water partition coefficient (Wildman–Crippen LogP) is 3.76. The highest BCUT2D eigenvalue weighted by atomic mass is 19.1. The minimum absolute atomic E-state index is 0.253. The summed E-state index contributed by atoms with van der Waals surface area (Å²) in [7, 11) is 1.64. The maximum Gasteiger partial charge on any atom is 0.123 e. The third-order valence-electron chi connectivity index (χ3n) is 3.61. The van der Waals surface area contributed by atoms with Gasteiger partial charge in [0.05, 0.1) is 12.7 Å². The molecule has 2 aromatic carbocycles. The summed E-state index contributed by atoms with van der Waals surface area (Å²) in [4.78, 5) is 0. The minimum Gasteiger partial charge on any atom is -0.497 e. The van der Waals surface area contributed by atoms with Crippen LogP contribution in [0.1, 0.15) is 24.5 Å². The van der Waals surface area contributed by atoms with Crippen LogP contribution in [0.2, 0.25) is 0 Å². The Balaban J connectivity index is 1.92. The molecule has 2 rings (SSSR count). The Bertz CT molecular complexity index is 559. The van der Waals surface area contributed by atoms with Crippen molar-refractivity contribution in [3.8, 4) is 5.75 Å². The monoisotopic (exact) mass is 288 g/mol. The van der Waals surface area contributed by atoms with Crippen LogP contribution in [-0.2, 0) is 12.8 Å². The summed E-state index contributed by atoms with van der Waals surface area (Å²) < 4.78 is 18.0. The van der Waals surface area contributed by atoms with Crippen molar-refractivity contribution in [1.82, 2.24) is 0 Å². The average Bonchev–Trinajstić information content (AvgIpc) is 2.48. The summed E-state index contributed by atoms with van der Waals surface area (Å²) in [5.41, 5.74) is 1.30. The fraction of sp³-hybridized carbons (Fsp3) is 0.333. The number of rotatable bonds is 6. The van der Waals surface area contributed by atoms with Gasteiger partial charge in [0.1, 0.15) is 11.6 Å². The molecule has 2 nitrogen and oxygen atoms in total. The molecule has 2 aromatic rings. The molecule has 112 valence electrons. The van der Waals surface area contributed by atoms with Crippen molar-refractivity contribution in [3.63, 3.8) is 0 Å². The van der Waals surface area contributed by atoms with E-state index in [0.717, 1.165) is 23.3 Å². The molecule has 0 aromatic heterocycles. The van der Waals surface area contributed by atoms with Crippen LogP contribution >= 0.6 is 0 Å². The molecule has 0 fully saturated rings. The average molecular weight is 288 g/mol. The Labute approximate surface area is 125 Å². The lowest BCUT2D eigenvalue weighted by molar-refractivity contribution is 0.0516. The van der Waals surface area contributed by atoms with Crippen molar-refractivity contribution < 1.29 is 14.2 Å². The SMILES string of the molecule is COc1ccc(CCC(C)(O)Cc2ccc(F)cc2)cc1. The lowest BCUT2D eigenvalue weighted by Crippen LogP contribution is -2.27. The van der Waals surface area contributed by atoms with E-state index < -0.39 is 5.60 Å². The quantitative estimate of drug-likeness (QED) is 0.877. The first-order valence-corrected chi connectivity index (χ1v) is 7.08. The van der Waals surface area contributed by atoms with Crippen molar-refractivity contribution in [1.29, 1.82) is 0 Å². The number of benzene rings is 2. The fourth-order valence-electron chi connectivity index (χ4n) is 2.34. The normalized spacial score (nSPS) is 13.7. The van der Waals surface area contributed by atoms with Crippen LogP contribution in [0.3, 0.4) is 0 Å². The van der Waals surface area contributed by atoms with Crippen LogP contribution in [0.5, 0.6) is 5.75 Å². The molecule has 1 unspecified atom stereocenters. The second-order valence-electron chi connectivity index (χ2n) is 5.65. The number of methoxy groups -OCH3 is 1. The molecule has 0 saturated heterocycles. The van der Waals surface area contributed by atoms with E-state index in [0.29, 0.717) is 12.8 Å². The maximum absolute atomic E-state index is 12.9. The van der Waals surface area contributed by atoms with Gasteiger partial charge in [-0.05, 0) is 55.2 Å². The van der Waals surface area contributed by atoms with E-state index in [1.54, 1.807) is 19.2 Å². The van der Waals surface area contributed by atoms with Gasteiger partial charge < -0.3 is 9.84 Å². The molecule has 0 radical (unpaired) electrons. The van der Waals surface area contributed by atoms with Crippen LogP contribution in [-0.4, -0.2) is 17.8 Å². The van der Waals surface area contributed by atoms with Gasteiger partial charge in [-0.3, -0.25) is 0 Å². The summed E-state index contributed by atoms with van der Waals surface area (Å²) in [5, 5.41) is 10.5. The van der Waals surface area contributed by atoms with Crippen molar-refractivity contribution >= 4 is 0 Å². The van der Waals surface area contributed by atoms with Gasteiger partial charge in [-0.2, -0.15) is 0 Å². The lowest BCUT2D eigenvalue weighted by Gasteiger charge is -2.23. The zero-order valence-corrected chi connectivity index (χ0v) is 12.5. The molecule has 0 saturated carbocycles. The molecule has 0 aliphatic heterocycles. The molecule has 21 heavy (non-hydrogen) atoms. The molecule has 0 amide bonds. The highest BCUT2D eigenvalue weighted by Crippen LogP contribution is 2.21. The first-order valence-electron chi connectivity index (χ1n) is 7.08. The van der Waals surface area contributed by atoms with Gasteiger partial charge in [-0.25, -0.2) is 4.39 Å². The molecular formula is C18H21FO2. The van der Waals surface area contributed by atoms with Crippen molar-refractivity contribution in [2.75, 3.05) is 7.11 Å². The summed E-state index contributed by atoms with van der Waals surface area (Å²) in [6.45, 7) is 1.82. The van der Waals surface area contributed by atoms with E-state index in [1.807, 2.05) is 31.2 Å². The summed E-state index contributed by atoms with van der Waals surface area (Å²) in [5.74, 6) is 0.577. The van der Waals surface area contributed by atoms with Crippen LogP contribution < -0.4 is 4.74 Å².